The highest BCUT2D eigenvalue weighted by Crippen LogP contribution is 2.27. The van der Waals surface area contributed by atoms with E-state index in [1.165, 1.54) is 11.4 Å². The Morgan fingerprint density at radius 2 is 1.96 bits per heavy atom. The van der Waals surface area contributed by atoms with Crippen LogP contribution in [0.2, 0.25) is 5.02 Å². The van der Waals surface area contributed by atoms with E-state index in [0.717, 1.165) is 22.6 Å². The fraction of sp³-hybridized carbons (Fsp3) is 0.158. The van der Waals surface area contributed by atoms with Gasteiger partial charge >= 0.3 is 0 Å². The van der Waals surface area contributed by atoms with E-state index in [2.05, 4.69) is 10.3 Å². The number of fused-ring (bicyclic) bond motifs is 1. The van der Waals surface area contributed by atoms with Gasteiger partial charge in [-0.15, -0.1) is 0 Å². The van der Waals surface area contributed by atoms with E-state index in [4.69, 9.17) is 11.6 Å². The third kappa shape index (κ3) is 4.56. The van der Waals surface area contributed by atoms with Gasteiger partial charge in [0, 0.05) is 29.0 Å². The standard InChI is InChI=1S/C19H18ClN3O3S/c1-23(27(2,25)26)16-6-7-17-14(10-16)11-21-12-18(17)22-19(24)9-13-4-3-5-15(20)8-13/h3-8,10-12H,9H2,1-2H3,(H,22,24). The maximum Gasteiger partial charge on any atom is 0.231 e. The van der Waals surface area contributed by atoms with Gasteiger partial charge in [0.1, 0.15) is 0 Å². The number of hydrogen-bond donors (Lipinski definition) is 1. The lowest BCUT2D eigenvalue weighted by Crippen LogP contribution is -2.24. The van der Waals surface area contributed by atoms with Crippen LogP contribution in [0.25, 0.3) is 10.8 Å². The number of nitrogens with zero attached hydrogens (tertiary/aromatic N) is 2. The summed E-state index contributed by atoms with van der Waals surface area (Å²) < 4.78 is 24.6. The quantitative estimate of drug-likeness (QED) is 0.707. The molecule has 1 aromatic heterocycles. The number of benzene rings is 2. The molecule has 0 unspecified atom stereocenters. The number of rotatable bonds is 5. The summed E-state index contributed by atoms with van der Waals surface area (Å²) in [7, 11) is -1.87. The van der Waals surface area contributed by atoms with Crippen molar-refractivity contribution in [2.24, 2.45) is 0 Å². The smallest absolute Gasteiger partial charge is 0.231 e. The van der Waals surface area contributed by atoms with Crippen LogP contribution in [-0.4, -0.2) is 32.6 Å². The lowest BCUT2D eigenvalue weighted by molar-refractivity contribution is -0.115. The van der Waals surface area contributed by atoms with E-state index in [0.29, 0.717) is 16.4 Å². The van der Waals surface area contributed by atoms with Crippen LogP contribution in [0, 0.1) is 0 Å². The van der Waals surface area contributed by atoms with Crippen LogP contribution in [0.15, 0.2) is 54.9 Å². The molecule has 0 aliphatic heterocycles. The SMILES string of the molecule is CN(c1ccc2c(NC(=O)Cc3cccc(Cl)c3)cncc2c1)S(C)(=O)=O. The van der Waals surface area contributed by atoms with Gasteiger partial charge in [-0.25, -0.2) is 8.42 Å². The molecule has 0 bridgehead atoms. The molecule has 0 atom stereocenters. The van der Waals surface area contributed by atoms with E-state index in [-0.39, 0.29) is 12.3 Å². The van der Waals surface area contributed by atoms with E-state index in [9.17, 15) is 13.2 Å². The van der Waals surface area contributed by atoms with Crippen molar-refractivity contribution < 1.29 is 13.2 Å². The van der Waals surface area contributed by atoms with E-state index >= 15 is 0 Å². The van der Waals surface area contributed by atoms with Gasteiger partial charge in [0.25, 0.3) is 0 Å². The topological polar surface area (TPSA) is 79.4 Å². The van der Waals surface area contributed by atoms with Gasteiger partial charge in [0.05, 0.1) is 30.2 Å². The first-order chi connectivity index (χ1) is 12.7. The Morgan fingerprint density at radius 3 is 2.67 bits per heavy atom. The number of carbonyl (C=O) groups excluding carboxylic acids is 1. The predicted molar refractivity (Wildman–Crippen MR) is 109 cm³/mol. The summed E-state index contributed by atoms with van der Waals surface area (Å²) in [6, 6.07) is 12.3. The third-order valence-electron chi connectivity index (χ3n) is 4.13. The molecule has 140 valence electrons. The number of pyridine rings is 1. The molecule has 1 amide bonds. The number of sulfonamides is 1. The van der Waals surface area contributed by atoms with Crippen molar-refractivity contribution in [3.05, 3.63) is 65.4 Å². The van der Waals surface area contributed by atoms with Gasteiger partial charge in [0.15, 0.2) is 0 Å². The minimum Gasteiger partial charge on any atom is -0.324 e. The molecule has 3 aromatic rings. The van der Waals surface area contributed by atoms with Crippen LogP contribution >= 0.6 is 11.6 Å². The summed E-state index contributed by atoms with van der Waals surface area (Å²) in [5.74, 6) is -0.191. The van der Waals surface area contributed by atoms with Crippen molar-refractivity contribution in [3.8, 4) is 0 Å². The van der Waals surface area contributed by atoms with Crippen molar-refractivity contribution in [1.82, 2.24) is 4.98 Å². The number of nitrogens with one attached hydrogen (secondary N) is 1. The Kier molecular flexibility index (Phi) is 5.34. The highest BCUT2D eigenvalue weighted by atomic mass is 35.5. The largest absolute Gasteiger partial charge is 0.324 e. The predicted octanol–water partition coefficient (Wildman–Crippen LogP) is 3.47. The number of aromatic nitrogens is 1. The van der Waals surface area contributed by atoms with Gasteiger partial charge in [0.2, 0.25) is 15.9 Å². The molecule has 0 spiro atoms. The second-order valence-electron chi connectivity index (χ2n) is 6.18. The molecule has 0 radical (unpaired) electrons. The average molecular weight is 404 g/mol. The second-order valence-corrected chi connectivity index (χ2v) is 8.63. The third-order valence-corrected chi connectivity index (χ3v) is 5.57. The molecular weight excluding hydrogens is 386 g/mol. The van der Waals surface area contributed by atoms with Crippen molar-refractivity contribution in [2.75, 3.05) is 22.9 Å². The highest BCUT2D eigenvalue weighted by molar-refractivity contribution is 7.92. The molecule has 0 saturated heterocycles. The Morgan fingerprint density at radius 1 is 1.19 bits per heavy atom. The normalized spacial score (nSPS) is 11.4. The zero-order valence-electron chi connectivity index (χ0n) is 14.8. The lowest BCUT2D eigenvalue weighted by atomic mass is 10.1. The molecule has 6 nitrogen and oxygen atoms in total. The molecule has 0 saturated carbocycles. The van der Waals surface area contributed by atoms with Crippen LogP contribution in [0.3, 0.4) is 0 Å². The molecular formula is C19H18ClN3O3S. The molecule has 2 aromatic carbocycles. The number of halogens is 1. The molecule has 1 heterocycles. The first-order valence-corrected chi connectivity index (χ1v) is 10.3. The number of amides is 1. The van der Waals surface area contributed by atoms with Crippen molar-refractivity contribution in [1.29, 1.82) is 0 Å². The van der Waals surface area contributed by atoms with Gasteiger partial charge in [-0.3, -0.25) is 14.1 Å². The summed E-state index contributed by atoms with van der Waals surface area (Å²) >= 11 is 5.95. The van der Waals surface area contributed by atoms with Gasteiger partial charge < -0.3 is 5.32 Å². The fourth-order valence-electron chi connectivity index (χ4n) is 2.68. The van der Waals surface area contributed by atoms with Gasteiger partial charge in [-0.1, -0.05) is 29.8 Å². The second kappa shape index (κ2) is 7.54. The minimum atomic E-state index is -3.36. The van der Waals surface area contributed by atoms with E-state index in [1.54, 1.807) is 48.8 Å². The van der Waals surface area contributed by atoms with Gasteiger partial charge in [-0.2, -0.15) is 0 Å². The number of carbonyl (C=O) groups is 1. The minimum absolute atomic E-state index is 0.186. The van der Waals surface area contributed by atoms with Gasteiger partial charge in [-0.05, 0) is 29.8 Å². The maximum atomic E-state index is 12.4. The van der Waals surface area contributed by atoms with Crippen molar-refractivity contribution >= 4 is 49.7 Å². The molecule has 8 heteroatoms. The van der Waals surface area contributed by atoms with Crippen LogP contribution in [0.4, 0.5) is 11.4 Å². The summed E-state index contributed by atoms with van der Waals surface area (Å²) in [6.45, 7) is 0. The van der Waals surface area contributed by atoms with E-state index < -0.39 is 10.0 Å². The number of hydrogen-bond acceptors (Lipinski definition) is 4. The zero-order chi connectivity index (χ0) is 19.6. The first kappa shape index (κ1) is 19.1. The number of anilines is 2. The monoisotopic (exact) mass is 403 g/mol. The van der Waals surface area contributed by atoms with Crippen LogP contribution in [0.5, 0.6) is 0 Å². The summed E-state index contributed by atoms with van der Waals surface area (Å²) in [5, 5.41) is 4.93. The fourth-order valence-corrected chi connectivity index (χ4v) is 3.39. The molecule has 0 aliphatic carbocycles. The Labute approximate surface area is 162 Å². The maximum absolute atomic E-state index is 12.4. The Balaban J connectivity index is 1.86. The molecule has 0 aliphatic rings. The molecule has 0 fully saturated rings. The van der Waals surface area contributed by atoms with E-state index in [1.807, 2.05) is 6.07 Å². The lowest BCUT2D eigenvalue weighted by Gasteiger charge is -2.17. The van der Waals surface area contributed by atoms with Crippen molar-refractivity contribution in [3.63, 3.8) is 0 Å². The molecule has 27 heavy (non-hydrogen) atoms. The molecule has 3 rings (SSSR count). The Hall–Kier alpha value is -2.64. The molecule has 1 N–H and O–H groups in total. The summed E-state index contributed by atoms with van der Waals surface area (Å²) in [4.78, 5) is 16.5. The van der Waals surface area contributed by atoms with Crippen LogP contribution < -0.4 is 9.62 Å². The van der Waals surface area contributed by atoms with Crippen LogP contribution in [-0.2, 0) is 21.2 Å². The zero-order valence-corrected chi connectivity index (χ0v) is 16.4. The Bertz CT molecular complexity index is 1120. The van der Waals surface area contributed by atoms with Crippen LogP contribution in [0.1, 0.15) is 5.56 Å². The summed E-state index contributed by atoms with van der Waals surface area (Å²) in [5.41, 5.74) is 1.90. The highest BCUT2D eigenvalue weighted by Gasteiger charge is 2.14. The first-order valence-electron chi connectivity index (χ1n) is 8.10. The van der Waals surface area contributed by atoms with Crippen molar-refractivity contribution in [2.45, 2.75) is 6.42 Å². The summed E-state index contributed by atoms with van der Waals surface area (Å²) in [6.07, 6.45) is 4.52. The average Bonchev–Trinajstić information content (AvgIpc) is 2.60.